The van der Waals surface area contributed by atoms with Crippen LogP contribution >= 0.6 is 0 Å². The molecule has 0 unspecified atom stereocenters. The number of nitrogen functional groups attached to an aromatic ring is 1. The number of aliphatic imine (C=N–C) groups is 1. The Kier molecular flexibility index (Phi) is 0.838. The Morgan fingerprint density at radius 2 is 2.10 bits per heavy atom. The Balaban J connectivity index is 3.67. The van der Waals surface area contributed by atoms with E-state index >= 15 is 0 Å². The van der Waals surface area contributed by atoms with Crippen LogP contribution in [0.3, 0.4) is 0 Å². The number of carbonyl (C=O) groups excluding carboxylic acids is 1. The summed E-state index contributed by atoms with van der Waals surface area (Å²) >= 11 is 0. The fourth-order valence-electron chi connectivity index (χ4n) is 0.417. The maximum absolute atomic E-state index is 9.97. The van der Waals surface area contributed by atoms with Gasteiger partial charge in [0.25, 0.3) is 5.69 Å². The smallest absolute Gasteiger partial charge is 0.399 e. The maximum atomic E-state index is 9.97. The lowest BCUT2D eigenvalue weighted by Gasteiger charge is -1.83. The molecule has 0 aliphatic rings. The Bertz CT molecular complexity index is 411. The summed E-state index contributed by atoms with van der Waals surface area (Å²) in [5.41, 5.74) is 4.69. The van der Waals surface area contributed by atoms with E-state index in [4.69, 9.17) is 11.2 Å². The second-order valence-corrected chi connectivity index (χ2v) is 1.47. The van der Waals surface area contributed by atoms with Crippen LogP contribution in [-0.2, 0) is 4.79 Å². The van der Waals surface area contributed by atoms with E-state index in [1.54, 1.807) is 0 Å². The molecule has 0 amide bonds. The molecular weight excluding hydrogens is 128 g/mol. The highest BCUT2D eigenvalue weighted by molar-refractivity contribution is 5.51. The number of nitrogens with zero attached hydrogens (tertiary/aromatic N) is 1. The van der Waals surface area contributed by atoms with Crippen molar-refractivity contribution in [2.75, 3.05) is 5.73 Å². The van der Waals surface area contributed by atoms with Gasteiger partial charge in [-0.25, -0.2) is 0 Å². The number of hydrogen-bond acceptors (Lipinski definition) is 3. The predicted molar refractivity (Wildman–Crippen MR) is 38.3 cm³/mol. The zero-order valence-electron chi connectivity index (χ0n) is 8.93. The third-order valence-electron chi connectivity index (χ3n) is 0.789. The van der Waals surface area contributed by atoms with Crippen LogP contribution < -0.4 is 10.7 Å². The molecule has 3 nitrogen and oxygen atoms in total. The fraction of sp³-hybridized carbons (Fsp3) is 0. The summed E-state index contributed by atoms with van der Waals surface area (Å²) in [6.45, 7) is 0. The average molecular weight is 142 g/mol. The standard InChI is InChI=1S/C7H6N2O/c8-6-1-3-7(4-2-6)9-5-10/h1-4H,8H2/q+1/i1T,2T,3T,4T. The van der Waals surface area contributed by atoms with Gasteiger partial charge in [0.1, 0.15) is 0 Å². The third-order valence-corrected chi connectivity index (χ3v) is 0.789. The minimum absolute atomic E-state index is 0.259. The van der Waals surface area contributed by atoms with E-state index in [9.17, 15) is 4.79 Å². The molecule has 0 fully saturated rings. The molecule has 0 atom stereocenters. The van der Waals surface area contributed by atoms with Crippen LogP contribution in [0.2, 0.25) is 0 Å². The second kappa shape index (κ2) is 2.80. The third kappa shape index (κ3) is 1.44. The first kappa shape index (κ1) is 2.99. The van der Waals surface area contributed by atoms with Crippen LogP contribution in [0.15, 0.2) is 24.2 Å². The number of anilines is 1. The van der Waals surface area contributed by atoms with E-state index in [0.29, 0.717) is 0 Å². The summed E-state index contributed by atoms with van der Waals surface area (Å²) in [5.74, 6) is 0. The van der Waals surface area contributed by atoms with Crippen molar-refractivity contribution in [1.82, 2.24) is 4.99 Å². The van der Waals surface area contributed by atoms with Crippen molar-refractivity contribution in [3.05, 3.63) is 24.2 Å². The van der Waals surface area contributed by atoms with Gasteiger partial charge in [0.15, 0.2) is 4.99 Å². The Labute approximate surface area is 63.8 Å². The van der Waals surface area contributed by atoms with Crippen molar-refractivity contribution in [3.63, 3.8) is 0 Å². The average Bonchev–Trinajstić information content (AvgIpc) is 2.19. The molecule has 3 heteroatoms. The van der Waals surface area contributed by atoms with E-state index in [2.05, 4.69) is 4.99 Å². The number of rotatable bonds is 1. The van der Waals surface area contributed by atoms with Gasteiger partial charge < -0.3 is 5.73 Å². The molecule has 0 saturated heterocycles. The summed E-state index contributed by atoms with van der Waals surface area (Å²) < 4.78 is 29.3. The van der Waals surface area contributed by atoms with Gasteiger partial charge in [0.05, 0.1) is 5.48 Å². The van der Waals surface area contributed by atoms with Crippen LogP contribution in [0.5, 0.6) is 0 Å². The maximum Gasteiger partial charge on any atom is 0.504 e. The number of isocyanates is 1. The van der Waals surface area contributed by atoms with Gasteiger partial charge in [0.2, 0.25) is 0 Å². The molecule has 1 aromatic carbocycles. The number of nitrogens with two attached hydrogens (primary N) is 1. The summed E-state index contributed by atoms with van der Waals surface area (Å²) in [4.78, 5) is 13.1. The van der Waals surface area contributed by atoms with E-state index in [-0.39, 0.29) is 11.4 Å². The molecule has 0 saturated carbocycles. The highest BCUT2D eigenvalue weighted by atomic mass is 16.1. The van der Waals surface area contributed by atoms with E-state index < -0.39 is 24.2 Å². The van der Waals surface area contributed by atoms with E-state index in [0.717, 1.165) is 0 Å². The summed E-state index contributed by atoms with van der Waals surface area (Å²) in [6, 6.07) is -1.68. The second-order valence-electron chi connectivity index (χ2n) is 1.47. The molecule has 0 spiro atoms. The zero-order chi connectivity index (χ0) is 10.9. The van der Waals surface area contributed by atoms with Crippen molar-refractivity contribution in [2.24, 2.45) is 0 Å². The van der Waals surface area contributed by atoms with Crippen molar-refractivity contribution < 1.29 is 10.3 Å². The van der Waals surface area contributed by atoms with Gasteiger partial charge in [-0.05, 0) is 12.1 Å². The predicted octanol–water partition coefficient (Wildman–Crippen LogP) is 0.572. The molecule has 1 rings (SSSR count). The number of benzene rings is 1. The molecule has 0 bridgehead atoms. The summed E-state index contributed by atoms with van der Waals surface area (Å²) in [5, 5.41) is 0. The van der Waals surface area contributed by atoms with Gasteiger partial charge in [-0.2, -0.15) is 4.79 Å². The monoisotopic (exact) mass is 142 g/mol. The van der Waals surface area contributed by atoms with Crippen LogP contribution in [-0.4, -0.2) is 6.08 Å². The van der Waals surface area contributed by atoms with Crippen LogP contribution in [0.1, 0.15) is 5.48 Å². The first-order valence-corrected chi connectivity index (χ1v) is 2.44. The molecule has 0 aliphatic carbocycles. The van der Waals surface area contributed by atoms with Crippen molar-refractivity contribution in [2.45, 2.75) is 0 Å². The molecule has 0 heterocycles. The van der Waals surface area contributed by atoms with Crippen molar-refractivity contribution in [3.8, 4) is 0 Å². The molecule has 0 aromatic heterocycles. The van der Waals surface area contributed by atoms with Crippen LogP contribution in [0.25, 0.3) is 0 Å². The SMILES string of the molecule is [3H]c1c([3H])c([N+]=C=O)c([3H])c([3H])c1N. The lowest BCUT2D eigenvalue weighted by molar-refractivity contribution is 0.563. The zero-order valence-corrected chi connectivity index (χ0v) is 4.93. The molecule has 49 valence electrons. The van der Waals surface area contributed by atoms with Crippen LogP contribution in [0, 0.1) is 0 Å². The minimum atomic E-state index is -0.438. The summed E-state index contributed by atoms with van der Waals surface area (Å²) in [6.07, 6.45) is 1.17. The normalized spacial score (nSPS) is 14.0. The van der Waals surface area contributed by atoms with Gasteiger partial charge in [-0.15, -0.1) is 0 Å². The van der Waals surface area contributed by atoms with Crippen molar-refractivity contribution >= 4 is 17.5 Å². The Morgan fingerprint density at radius 1 is 1.50 bits per heavy atom. The first-order chi connectivity index (χ1) is 6.50. The van der Waals surface area contributed by atoms with Crippen LogP contribution in [0.4, 0.5) is 11.4 Å². The largest absolute Gasteiger partial charge is 0.504 e. The summed E-state index contributed by atoms with van der Waals surface area (Å²) in [7, 11) is 0. The lowest BCUT2D eigenvalue weighted by Crippen LogP contribution is -1.83. The number of hydrogen-bond donors (Lipinski definition) is 1. The Morgan fingerprint density at radius 3 is 2.60 bits per heavy atom. The quantitative estimate of drug-likeness (QED) is 0.354. The van der Waals surface area contributed by atoms with Crippen molar-refractivity contribution in [1.29, 1.82) is 0 Å². The highest BCUT2D eigenvalue weighted by Crippen LogP contribution is 2.07. The molecule has 0 aliphatic heterocycles. The Hall–Kier alpha value is -1.60. The minimum Gasteiger partial charge on any atom is -0.399 e. The van der Waals surface area contributed by atoms with Gasteiger partial charge in [-0.3, -0.25) is 0 Å². The van der Waals surface area contributed by atoms with Gasteiger partial charge >= 0.3 is 6.08 Å². The fourth-order valence-corrected chi connectivity index (χ4v) is 0.417. The highest BCUT2D eigenvalue weighted by Gasteiger charge is 1.98. The van der Waals surface area contributed by atoms with Gasteiger partial charge in [0, 0.05) is 17.8 Å². The molecule has 10 heavy (non-hydrogen) atoms. The molecule has 2 N–H and O–H groups in total. The van der Waals surface area contributed by atoms with E-state index in [1.165, 1.54) is 6.08 Å². The molecular formula is C7H6N2O+. The molecule has 1 aromatic rings. The molecule has 1 radical (unpaired) electrons. The topological polar surface area (TPSA) is 57.2 Å². The lowest BCUT2D eigenvalue weighted by atomic mass is 10.3. The van der Waals surface area contributed by atoms with Gasteiger partial charge in [-0.1, -0.05) is 0 Å². The first-order valence-electron chi connectivity index (χ1n) is 4.44. The van der Waals surface area contributed by atoms with E-state index in [1.807, 2.05) is 0 Å².